The fraction of sp³-hybridized carbons (Fsp3) is 0.909. The van der Waals surface area contributed by atoms with Crippen LogP contribution in [0.4, 0.5) is 0 Å². The lowest BCUT2D eigenvalue weighted by atomic mass is 10.1. The highest BCUT2D eigenvalue weighted by Gasteiger charge is 2.25. The molecule has 1 aliphatic carbocycles. The molecule has 0 aromatic heterocycles. The number of Topliss-reactive ketones (excluding diaryl/α,β-unsaturated/α-hetero) is 1. The normalized spacial score (nSPS) is 21.5. The van der Waals surface area contributed by atoms with Crippen molar-refractivity contribution in [3.63, 3.8) is 0 Å². The van der Waals surface area contributed by atoms with Gasteiger partial charge in [-0.2, -0.15) is 0 Å². The Kier molecular flexibility index (Phi) is 5.83. The Hall–Kier alpha value is -0.450. The molecule has 0 amide bonds. The van der Waals surface area contributed by atoms with Gasteiger partial charge in [0, 0.05) is 39.1 Å². The second-order valence-corrected chi connectivity index (χ2v) is 4.07. The summed E-state index contributed by atoms with van der Waals surface area (Å²) in [5.41, 5.74) is 0. The minimum Gasteiger partial charge on any atom is -0.395 e. The third-order valence-corrected chi connectivity index (χ3v) is 2.94. The molecule has 1 saturated carbocycles. The number of methoxy groups -OCH3 is 1. The summed E-state index contributed by atoms with van der Waals surface area (Å²) in [7, 11) is 1.66. The Morgan fingerprint density at radius 3 is 2.87 bits per heavy atom. The van der Waals surface area contributed by atoms with Gasteiger partial charge in [0.25, 0.3) is 0 Å². The molecule has 0 saturated heterocycles. The molecule has 0 aromatic carbocycles. The van der Waals surface area contributed by atoms with E-state index < -0.39 is 0 Å². The average Bonchev–Trinajstić information content (AvgIpc) is 2.61. The molecule has 1 fully saturated rings. The van der Waals surface area contributed by atoms with E-state index in [-0.39, 0.29) is 12.5 Å². The van der Waals surface area contributed by atoms with Gasteiger partial charge in [-0.25, -0.2) is 0 Å². The fourth-order valence-corrected chi connectivity index (χ4v) is 2.05. The Morgan fingerprint density at radius 1 is 1.53 bits per heavy atom. The van der Waals surface area contributed by atoms with E-state index in [2.05, 4.69) is 4.90 Å². The largest absolute Gasteiger partial charge is 0.395 e. The van der Waals surface area contributed by atoms with Crippen molar-refractivity contribution in [1.82, 2.24) is 4.90 Å². The number of aliphatic hydroxyl groups excluding tert-OH is 1. The number of nitrogens with zero attached hydrogens (tertiary/aromatic N) is 1. The number of carbonyl (C=O) groups excluding carboxylic acids is 1. The summed E-state index contributed by atoms with van der Waals surface area (Å²) in [5, 5.41) is 8.91. The fourth-order valence-electron chi connectivity index (χ4n) is 2.05. The first-order valence-corrected chi connectivity index (χ1v) is 5.62. The van der Waals surface area contributed by atoms with Crippen molar-refractivity contribution >= 4 is 5.78 Å². The monoisotopic (exact) mass is 215 g/mol. The van der Waals surface area contributed by atoms with Crippen molar-refractivity contribution in [3.05, 3.63) is 0 Å². The van der Waals surface area contributed by atoms with E-state index in [4.69, 9.17) is 9.84 Å². The van der Waals surface area contributed by atoms with E-state index in [9.17, 15) is 4.79 Å². The Labute approximate surface area is 91.2 Å². The predicted molar refractivity (Wildman–Crippen MR) is 57.7 cm³/mol. The number of aliphatic hydroxyl groups is 1. The molecule has 0 aromatic rings. The highest BCUT2D eigenvalue weighted by atomic mass is 16.5. The second-order valence-electron chi connectivity index (χ2n) is 4.07. The summed E-state index contributed by atoms with van der Waals surface area (Å²) in [5.74, 6) is 0.573. The summed E-state index contributed by atoms with van der Waals surface area (Å²) >= 11 is 0. The first-order valence-electron chi connectivity index (χ1n) is 5.62. The number of hydrogen-bond donors (Lipinski definition) is 1. The molecule has 15 heavy (non-hydrogen) atoms. The lowest BCUT2D eigenvalue weighted by molar-refractivity contribution is -0.121. The SMILES string of the molecule is COCCN(CCO)CC1CCCC1=O. The van der Waals surface area contributed by atoms with Crippen molar-refractivity contribution in [2.45, 2.75) is 19.3 Å². The van der Waals surface area contributed by atoms with Crippen LogP contribution in [-0.4, -0.2) is 55.7 Å². The number of ether oxygens (including phenoxy) is 1. The van der Waals surface area contributed by atoms with Gasteiger partial charge in [0.05, 0.1) is 13.2 Å². The first kappa shape index (κ1) is 12.6. The molecule has 4 nitrogen and oxygen atoms in total. The molecule has 1 atom stereocenters. The topological polar surface area (TPSA) is 49.8 Å². The van der Waals surface area contributed by atoms with E-state index >= 15 is 0 Å². The lowest BCUT2D eigenvalue weighted by Gasteiger charge is -2.23. The number of ketones is 1. The predicted octanol–water partition coefficient (Wildman–Crippen LogP) is 0.296. The van der Waals surface area contributed by atoms with E-state index in [0.717, 1.165) is 32.4 Å². The van der Waals surface area contributed by atoms with Gasteiger partial charge in [-0.05, 0) is 12.8 Å². The average molecular weight is 215 g/mol. The summed E-state index contributed by atoms with van der Waals surface area (Å²) < 4.78 is 5.00. The highest BCUT2D eigenvalue weighted by molar-refractivity contribution is 5.83. The first-order chi connectivity index (χ1) is 7.27. The van der Waals surface area contributed by atoms with Gasteiger partial charge in [0.2, 0.25) is 0 Å². The minimum absolute atomic E-state index is 0.143. The zero-order valence-electron chi connectivity index (χ0n) is 9.45. The van der Waals surface area contributed by atoms with Gasteiger partial charge in [0.1, 0.15) is 5.78 Å². The maximum atomic E-state index is 11.5. The van der Waals surface area contributed by atoms with Crippen LogP contribution in [0.5, 0.6) is 0 Å². The van der Waals surface area contributed by atoms with Gasteiger partial charge in [-0.15, -0.1) is 0 Å². The third kappa shape index (κ3) is 4.28. The molecule has 1 aliphatic rings. The molecule has 0 heterocycles. The second kappa shape index (κ2) is 6.93. The molecular weight excluding hydrogens is 194 g/mol. The van der Waals surface area contributed by atoms with Crippen LogP contribution < -0.4 is 0 Å². The van der Waals surface area contributed by atoms with Crippen molar-refractivity contribution < 1.29 is 14.6 Å². The van der Waals surface area contributed by atoms with Crippen molar-refractivity contribution in [2.75, 3.05) is 40.0 Å². The van der Waals surface area contributed by atoms with Crippen molar-refractivity contribution in [3.8, 4) is 0 Å². The van der Waals surface area contributed by atoms with Crippen LogP contribution in [0.2, 0.25) is 0 Å². The van der Waals surface area contributed by atoms with Crippen LogP contribution in [-0.2, 0) is 9.53 Å². The standard InChI is InChI=1S/C11H21NO3/c1-15-8-6-12(5-7-13)9-10-3-2-4-11(10)14/h10,13H,2-9H2,1H3. The van der Waals surface area contributed by atoms with Crippen LogP contribution in [0.25, 0.3) is 0 Å². The number of rotatable bonds is 7. The van der Waals surface area contributed by atoms with Gasteiger partial charge in [0.15, 0.2) is 0 Å². The summed E-state index contributed by atoms with van der Waals surface area (Å²) in [6.45, 7) is 3.00. The molecule has 0 spiro atoms. The molecule has 1 unspecified atom stereocenters. The number of hydrogen-bond acceptors (Lipinski definition) is 4. The zero-order chi connectivity index (χ0) is 11.1. The van der Waals surface area contributed by atoms with Crippen LogP contribution in [0.3, 0.4) is 0 Å². The quantitative estimate of drug-likeness (QED) is 0.663. The smallest absolute Gasteiger partial charge is 0.137 e. The van der Waals surface area contributed by atoms with E-state index in [1.807, 2.05) is 0 Å². The molecule has 4 heteroatoms. The molecule has 0 aliphatic heterocycles. The van der Waals surface area contributed by atoms with Crippen molar-refractivity contribution in [2.24, 2.45) is 5.92 Å². The highest BCUT2D eigenvalue weighted by Crippen LogP contribution is 2.21. The van der Waals surface area contributed by atoms with E-state index in [0.29, 0.717) is 18.9 Å². The summed E-state index contributed by atoms with van der Waals surface area (Å²) in [4.78, 5) is 13.6. The summed E-state index contributed by atoms with van der Waals surface area (Å²) in [6.07, 6.45) is 2.77. The zero-order valence-corrected chi connectivity index (χ0v) is 9.45. The van der Waals surface area contributed by atoms with E-state index in [1.54, 1.807) is 7.11 Å². The minimum atomic E-state index is 0.143. The van der Waals surface area contributed by atoms with Crippen LogP contribution in [0, 0.1) is 5.92 Å². The summed E-state index contributed by atoms with van der Waals surface area (Å²) in [6, 6.07) is 0. The van der Waals surface area contributed by atoms with Gasteiger partial charge in [-0.1, -0.05) is 0 Å². The van der Waals surface area contributed by atoms with Gasteiger partial charge < -0.3 is 9.84 Å². The van der Waals surface area contributed by atoms with Crippen LogP contribution in [0.1, 0.15) is 19.3 Å². The molecule has 88 valence electrons. The van der Waals surface area contributed by atoms with E-state index in [1.165, 1.54) is 0 Å². The molecule has 0 radical (unpaired) electrons. The van der Waals surface area contributed by atoms with Crippen LogP contribution >= 0.6 is 0 Å². The number of carbonyl (C=O) groups is 1. The molecule has 1 N–H and O–H groups in total. The Morgan fingerprint density at radius 2 is 2.33 bits per heavy atom. The maximum Gasteiger partial charge on any atom is 0.137 e. The molecular formula is C11H21NO3. The Balaban J connectivity index is 2.31. The lowest BCUT2D eigenvalue weighted by Crippen LogP contribution is -2.35. The van der Waals surface area contributed by atoms with Gasteiger partial charge >= 0.3 is 0 Å². The third-order valence-electron chi connectivity index (χ3n) is 2.94. The molecule has 1 rings (SSSR count). The maximum absolute atomic E-state index is 11.5. The van der Waals surface area contributed by atoms with Gasteiger partial charge in [-0.3, -0.25) is 9.69 Å². The van der Waals surface area contributed by atoms with Crippen molar-refractivity contribution in [1.29, 1.82) is 0 Å². The van der Waals surface area contributed by atoms with Crippen LogP contribution in [0.15, 0.2) is 0 Å². The Bertz CT molecular complexity index is 196. The molecule has 0 bridgehead atoms.